The van der Waals surface area contributed by atoms with E-state index in [9.17, 15) is 9.59 Å². The van der Waals surface area contributed by atoms with Crippen LogP contribution in [0.5, 0.6) is 0 Å². The quantitative estimate of drug-likeness (QED) is 0.225. The largest absolute Gasteiger partial charge is 0.481 e. The molecular formula is C18H30O4. The molecule has 2 atom stereocenters. The molecule has 0 amide bonds. The third-order valence-electron chi connectivity index (χ3n) is 3.96. The van der Waals surface area contributed by atoms with Gasteiger partial charge in [0.25, 0.3) is 0 Å². The smallest absolute Gasteiger partial charge is 0.310 e. The number of Topliss-reactive ketones (excluding diaryl/α,β-unsaturated/α-hetero) is 1. The summed E-state index contributed by atoms with van der Waals surface area (Å²) in [5.41, 5.74) is 0. The van der Waals surface area contributed by atoms with E-state index in [-0.39, 0.29) is 12.2 Å². The molecule has 1 heterocycles. The van der Waals surface area contributed by atoms with E-state index in [1.54, 1.807) is 0 Å². The topological polar surface area (TPSA) is 66.9 Å². The number of rotatable bonds is 14. The minimum Gasteiger partial charge on any atom is -0.481 e. The fourth-order valence-electron chi connectivity index (χ4n) is 2.58. The number of hydrogen-bond donors (Lipinski definition) is 1. The van der Waals surface area contributed by atoms with Crippen LogP contribution in [-0.2, 0) is 14.3 Å². The summed E-state index contributed by atoms with van der Waals surface area (Å²) < 4.78 is 5.59. The van der Waals surface area contributed by atoms with Gasteiger partial charge in [0, 0.05) is 6.42 Å². The molecule has 0 aromatic heterocycles. The molecule has 126 valence electrons. The predicted molar refractivity (Wildman–Crippen MR) is 86.9 cm³/mol. The maximum absolute atomic E-state index is 11.2. The average molecular weight is 310 g/mol. The molecule has 1 rings (SSSR count). The molecule has 0 saturated carbocycles. The molecule has 4 nitrogen and oxygen atoms in total. The number of allylic oxidation sites excluding steroid dienone is 1. The highest BCUT2D eigenvalue weighted by Gasteiger charge is 2.35. The van der Waals surface area contributed by atoms with E-state index in [0.29, 0.717) is 18.6 Å². The SMILES string of the molecule is CCCCCCC=CC1OC1CCCCCC(=O)CC(=O)O. The summed E-state index contributed by atoms with van der Waals surface area (Å²) in [5.74, 6) is -1.19. The summed E-state index contributed by atoms with van der Waals surface area (Å²) in [6.45, 7) is 2.22. The van der Waals surface area contributed by atoms with Gasteiger partial charge in [-0.05, 0) is 25.7 Å². The molecule has 1 aliphatic heterocycles. The summed E-state index contributed by atoms with van der Waals surface area (Å²) in [4.78, 5) is 21.6. The summed E-state index contributed by atoms with van der Waals surface area (Å²) in [7, 11) is 0. The van der Waals surface area contributed by atoms with E-state index in [1.165, 1.54) is 25.7 Å². The molecule has 0 radical (unpaired) electrons. The van der Waals surface area contributed by atoms with Crippen LogP contribution in [0.1, 0.15) is 77.6 Å². The summed E-state index contributed by atoms with van der Waals surface area (Å²) in [6.07, 6.45) is 15.3. The number of carbonyl (C=O) groups excluding carboxylic acids is 1. The Bertz CT molecular complexity index is 362. The molecule has 4 heteroatoms. The molecule has 2 unspecified atom stereocenters. The molecule has 22 heavy (non-hydrogen) atoms. The third-order valence-corrected chi connectivity index (χ3v) is 3.96. The number of epoxide rings is 1. The fourth-order valence-corrected chi connectivity index (χ4v) is 2.58. The van der Waals surface area contributed by atoms with Crippen molar-refractivity contribution < 1.29 is 19.4 Å². The Labute approximate surface area is 133 Å². The Morgan fingerprint density at radius 2 is 1.86 bits per heavy atom. The van der Waals surface area contributed by atoms with Crippen molar-refractivity contribution in [2.45, 2.75) is 89.8 Å². The first-order valence-electron chi connectivity index (χ1n) is 8.69. The molecule has 0 aromatic carbocycles. The van der Waals surface area contributed by atoms with Gasteiger partial charge < -0.3 is 9.84 Å². The molecule has 1 fully saturated rings. The summed E-state index contributed by atoms with van der Waals surface area (Å²) >= 11 is 0. The molecule has 0 aliphatic carbocycles. The highest BCUT2D eigenvalue weighted by molar-refractivity contribution is 5.94. The Morgan fingerprint density at radius 1 is 1.09 bits per heavy atom. The van der Waals surface area contributed by atoms with Crippen molar-refractivity contribution in [3.05, 3.63) is 12.2 Å². The van der Waals surface area contributed by atoms with Gasteiger partial charge in [-0.1, -0.05) is 51.2 Å². The maximum Gasteiger partial charge on any atom is 0.310 e. The van der Waals surface area contributed by atoms with Crippen molar-refractivity contribution in [2.24, 2.45) is 0 Å². The third kappa shape index (κ3) is 9.72. The standard InChI is InChI=1S/C18H30O4/c1-2-3-4-5-6-9-12-16-17(22-16)13-10-7-8-11-15(19)14-18(20)21/h9,12,16-17H,2-8,10-11,13-14H2,1H3,(H,20,21). The van der Waals surface area contributed by atoms with E-state index in [2.05, 4.69) is 19.1 Å². The van der Waals surface area contributed by atoms with Gasteiger partial charge in [0.15, 0.2) is 0 Å². The highest BCUT2D eigenvalue weighted by atomic mass is 16.6. The Morgan fingerprint density at radius 3 is 2.59 bits per heavy atom. The fraction of sp³-hybridized carbons (Fsp3) is 0.778. The van der Waals surface area contributed by atoms with Crippen molar-refractivity contribution in [3.63, 3.8) is 0 Å². The monoisotopic (exact) mass is 310 g/mol. The average Bonchev–Trinajstić information content (AvgIpc) is 3.20. The number of aliphatic carboxylic acids is 1. The van der Waals surface area contributed by atoms with Crippen molar-refractivity contribution >= 4 is 11.8 Å². The van der Waals surface area contributed by atoms with Crippen molar-refractivity contribution in [1.29, 1.82) is 0 Å². The second-order valence-electron chi connectivity index (χ2n) is 6.13. The van der Waals surface area contributed by atoms with E-state index in [0.717, 1.165) is 32.1 Å². The van der Waals surface area contributed by atoms with Crippen LogP contribution in [0.15, 0.2) is 12.2 Å². The number of carbonyl (C=O) groups is 2. The zero-order valence-corrected chi connectivity index (χ0v) is 13.8. The van der Waals surface area contributed by atoms with Gasteiger partial charge in [0.05, 0.1) is 6.10 Å². The van der Waals surface area contributed by atoms with Gasteiger partial charge >= 0.3 is 5.97 Å². The van der Waals surface area contributed by atoms with E-state index in [1.807, 2.05) is 0 Å². The van der Waals surface area contributed by atoms with Gasteiger partial charge in [-0.25, -0.2) is 0 Å². The maximum atomic E-state index is 11.2. The molecule has 1 saturated heterocycles. The van der Waals surface area contributed by atoms with Crippen LogP contribution >= 0.6 is 0 Å². The predicted octanol–water partition coefficient (Wildman–Crippen LogP) is 4.27. The number of carboxylic acids is 1. The normalized spacial score (nSPS) is 20.4. The zero-order valence-electron chi connectivity index (χ0n) is 13.8. The van der Waals surface area contributed by atoms with Gasteiger partial charge in [-0.15, -0.1) is 0 Å². The van der Waals surface area contributed by atoms with E-state index in [4.69, 9.17) is 9.84 Å². The number of carboxylic acid groups (broad SMARTS) is 1. The molecule has 0 bridgehead atoms. The molecule has 1 aliphatic rings. The van der Waals surface area contributed by atoms with Crippen LogP contribution < -0.4 is 0 Å². The van der Waals surface area contributed by atoms with Crippen molar-refractivity contribution in [1.82, 2.24) is 0 Å². The summed E-state index contributed by atoms with van der Waals surface area (Å²) in [5, 5.41) is 8.48. The number of ketones is 1. The molecule has 0 aromatic rings. The Hall–Kier alpha value is -1.16. The minimum absolute atomic E-state index is 0.168. The second kappa shape index (κ2) is 11.4. The van der Waals surface area contributed by atoms with Crippen LogP contribution in [-0.4, -0.2) is 29.1 Å². The van der Waals surface area contributed by atoms with Crippen LogP contribution in [0.25, 0.3) is 0 Å². The minimum atomic E-state index is -1.03. The lowest BCUT2D eigenvalue weighted by molar-refractivity contribution is -0.140. The van der Waals surface area contributed by atoms with Gasteiger partial charge in [-0.3, -0.25) is 9.59 Å². The summed E-state index contributed by atoms with van der Waals surface area (Å²) in [6, 6.07) is 0. The number of unbranched alkanes of at least 4 members (excludes halogenated alkanes) is 6. The lowest BCUT2D eigenvalue weighted by Crippen LogP contribution is -2.06. The van der Waals surface area contributed by atoms with Gasteiger partial charge in [-0.2, -0.15) is 0 Å². The lowest BCUT2D eigenvalue weighted by atomic mass is 10.1. The second-order valence-corrected chi connectivity index (χ2v) is 6.13. The highest BCUT2D eigenvalue weighted by Crippen LogP contribution is 2.28. The van der Waals surface area contributed by atoms with E-state index < -0.39 is 5.97 Å². The van der Waals surface area contributed by atoms with Crippen molar-refractivity contribution in [2.75, 3.05) is 0 Å². The van der Waals surface area contributed by atoms with Crippen LogP contribution in [0.4, 0.5) is 0 Å². The van der Waals surface area contributed by atoms with Crippen LogP contribution in [0, 0.1) is 0 Å². The van der Waals surface area contributed by atoms with E-state index >= 15 is 0 Å². The first-order valence-corrected chi connectivity index (χ1v) is 8.69. The molecular weight excluding hydrogens is 280 g/mol. The molecule has 1 N–H and O–H groups in total. The first-order chi connectivity index (χ1) is 10.6. The first kappa shape index (κ1) is 18.9. The zero-order chi connectivity index (χ0) is 16.2. The lowest BCUT2D eigenvalue weighted by Gasteiger charge is -1.98. The van der Waals surface area contributed by atoms with Crippen LogP contribution in [0.2, 0.25) is 0 Å². The van der Waals surface area contributed by atoms with Crippen LogP contribution in [0.3, 0.4) is 0 Å². The molecule has 0 spiro atoms. The number of ether oxygens (including phenoxy) is 1. The van der Waals surface area contributed by atoms with Crippen molar-refractivity contribution in [3.8, 4) is 0 Å². The number of hydrogen-bond acceptors (Lipinski definition) is 3. The van der Waals surface area contributed by atoms with Gasteiger partial charge in [0.2, 0.25) is 0 Å². The van der Waals surface area contributed by atoms with Gasteiger partial charge in [0.1, 0.15) is 18.3 Å². The Balaban J connectivity index is 1.90. The Kier molecular flexibility index (Phi) is 9.80.